The summed E-state index contributed by atoms with van der Waals surface area (Å²) in [4.78, 5) is 2.10. The summed E-state index contributed by atoms with van der Waals surface area (Å²) in [6, 6.07) is 30.1. The van der Waals surface area contributed by atoms with Crippen LogP contribution in [0.3, 0.4) is 0 Å². The molecule has 0 spiro atoms. The molecule has 2 N–H and O–H groups in total. The summed E-state index contributed by atoms with van der Waals surface area (Å²) in [5, 5.41) is 18.9. The number of hydrogen-bond donors (Lipinski definition) is 2. The van der Waals surface area contributed by atoms with Crippen molar-refractivity contribution in [2.45, 2.75) is 19.5 Å². The van der Waals surface area contributed by atoms with Gasteiger partial charge in [0.1, 0.15) is 5.84 Å². The first-order valence-electron chi connectivity index (χ1n) is 9.31. The van der Waals surface area contributed by atoms with E-state index in [0.29, 0.717) is 12.4 Å². The van der Waals surface area contributed by atoms with Gasteiger partial charge in [0.15, 0.2) is 0 Å². The molecule has 0 amide bonds. The highest BCUT2D eigenvalue weighted by atomic mass is 16.3. The van der Waals surface area contributed by atoms with Crippen molar-refractivity contribution in [2.24, 2.45) is 5.92 Å². The number of rotatable bonds is 7. The molecule has 3 aromatic rings. The van der Waals surface area contributed by atoms with Crippen LogP contribution in [-0.2, 0) is 6.54 Å². The molecule has 0 radical (unpaired) electrons. The maximum atomic E-state index is 9.94. The summed E-state index contributed by atoms with van der Waals surface area (Å²) < 4.78 is 0. The van der Waals surface area contributed by atoms with Crippen LogP contribution in [0.15, 0.2) is 91.0 Å². The Bertz CT molecular complexity index is 834. The largest absolute Gasteiger partial charge is 0.396 e. The highest BCUT2D eigenvalue weighted by Crippen LogP contribution is 2.31. The first-order valence-corrected chi connectivity index (χ1v) is 9.31. The minimum absolute atomic E-state index is 0.0137. The smallest absolute Gasteiger partial charge is 0.128 e. The zero-order valence-corrected chi connectivity index (χ0v) is 15.6. The van der Waals surface area contributed by atoms with E-state index in [1.807, 2.05) is 73.7 Å². The van der Waals surface area contributed by atoms with Crippen LogP contribution < -0.4 is 0 Å². The summed E-state index contributed by atoms with van der Waals surface area (Å²) in [7, 11) is 0. The lowest BCUT2D eigenvalue weighted by Gasteiger charge is -2.37. The molecule has 0 unspecified atom stereocenters. The highest BCUT2D eigenvalue weighted by Gasteiger charge is 2.28. The van der Waals surface area contributed by atoms with Gasteiger partial charge in [-0.15, -0.1) is 0 Å². The van der Waals surface area contributed by atoms with Gasteiger partial charge in [0.2, 0.25) is 0 Å². The standard InChI is InChI=1S/C24H26N2O/c1-19(18-27)23(21-13-7-3-8-14-21)26(17-20-11-5-2-6-12-20)24(25)22-15-9-4-10-16-22/h2-16,19,23,25,27H,17-18H2,1H3/t19-,23+/m0/s1. The second-order valence-corrected chi connectivity index (χ2v) is 6.84. The Balaban J connectivity index is 2.04. The second-order valence-electron chi connectivity index (χ2n) is 6.84. The van der Waals surface area contributed by atoms with Crippen LogP contribution >= 0.6 is 0 Å². The number of nitrogens with zero attached hydrogens (tertiary/aromatic N) is 1. The van der Waals surface area contributed by atoms with Crippen molar-refractivity contribution in [1.29, 1.82) is 5.41 Å². The van der Waals surface area contributed by atoms with Gasteiger partial charge in [-0.3, -0.25) is 5.41 Å². The zero-order valence-electron chi connectivity index (χ0n) is 15.6. The van der Waals surface area contributed by atoms with E-state index in [0.717, 1.165) is 16.7 Å². The third kappa shape index (κ3) is 4.63. The number of aliphatic hydroxyl groups excluding tert-OH is 1. The fraction of sp³-hybridized carbons (Fsp3) is 0.208. The van der Waals surface area contributed by atoms with Gasteiger partial charge in [0.05, 0.1) is 6.04 Å². The molecule has 27 heavy (non-hydrogen) atoms. The molecular weight excluding hydrogens is 332 g/mol. The fourth-order valence-electron chi connectivity index (χ4n) is 3.42. The molecule has 0 bridgehead atoms. The van der Waals surface area contributed by atoms with E-state index in [1.165, 1.54) is 0 Å². The topological polar surface area (TPSA) is 47.3 Å². The summed E-state index contributed by atoms with van der Waals surface area (Å²) in [6.45, 7) is 2.71. The van der Waals surface area contributed by atoms with Crippen LogP contribution in [0.4, 0.5) is 0 Å². The predicted molar refractivity (Wildman–Crippen MR) is 111 cm³/mol. The lowest BCUT2D eigenvalue weighted by atomic mass is 9.92. The van der Waals surface area contributed by atoms with Gasteiger partial charge < -0.3 is 10.0 Å². The van der Waals surface area contributed by atoms with Gasteiger partial charge in [-0.25, -0.2) is 0 Å². The number of amidine groups is 1. The molecule has 0 fully saturated rings. The van der Waals surface area contributed by atoms with Crippen molar-refractivity contribution in [1.82, 2.24) is 4.90 Å². The Kier molecular flexibility index (Phi) is 6.39. The number of nitrogens with one attached hydrogen (secondary N) is 1. The molecule has 0 aliphatic carbocycles. The molecule has 0 aliphatic rings. The van der Waals surface area contributed by atoms with Gasteiger partial charge in [0, 0.05) is 24.6 Å². The molecule has 3 rings (SSSR count). The van der Waals surface area contributed by atoms with Crippen molar-refractivity contribution in [2.75, 3.05) is 6.61 Å². The number of hydrogen-bond acceptors (Lipinski definition) is 2. The molecule has 0 saturated carbocycles. The van der Waals surface area contributed by atoms with Gasteiger partial charge in [-0.05, 0) is 11.1 Å². The quantitative estimate of drug-likeness (QED) is 0.467. The van der Waals surface area contributed by atoms with E-state index in [2.05, 4.69) is 29.2 Å². The molecular formula is C24H26N2O. The minimum Gasteiger partial charge on any atom is -0.396 e. The lowest BCUT2D eigenvalue weighted by molar-refractivity contribution is 0.151. The highest BCUT2D eigenvalue weighted by molar-refractivity contribution is 5.96. The SMILES string of the molecule is C[C@@H](CO)[C@H](c1ccccc1)N(Cc1ccccc1)C(=N)c1ccccc1. The third-order valence-corrected chi connectivity index (χ3v) is 4.83. The Labute approximate surface area is 161 Å². The van der Waals surface area contributed by atoms with E-state index in [9.17, 15) is 5.11 Å². The van der Waals surface area contributed by atoms with Crippen LogP contribution in [0.25, 0.3) is 0 Å². The van der Waals surface area contributed by atoms with Crippen LogP contribution in [0, 0.1) is 11.3 Å². The summed E-state index contributed by atoms with van der Waals surface area (Å²) in [5.41, 5.74) is 3.12. The lowest BCUT2D eigenvalue weighted by Crippen LogP contribution is -2.38. The maximum absolute atomic E-state index is 9.94. The maximum Gasteiger partial charge on any atom is 0.128 e. The van der Waals surface area contributed by atoms with Crippen molar-refractivity contribution in [3.05, 3.63) is 108 Å². The van der Waals surface area contributed by atoms with Gasteiger partial charge in [0.25, 0.3) is 0 Å². The molecule has 0 saturated heterocycles. The van der Waals surface area contributed by atoms with Crippen molar-refractivity contribution >= 4 is 5.84 Å². The molecule has 2 atom stereocenters. The van der Waals surface area contributed by atoms with Crippen molar-refractivity contribution in [3.8, 4) is 0 Å². The number of aliphatic hydroxyl groups is 1. The van der Waals surface area contributed by atoms with Crippen LogP contribution in [0.5, 0.6) is 0 Å². The molecule has 3 aromatic carbocycles. The van der Waals surface area contributed by atoms with Crippen molar-refractivity contribution < 1.29 is 5.11 Å². The Morgan fingerprint density at radius 2 is 1.37 bits per heavy atom. The average molecular weight is 358 g/mol. The molecule has 0 aliphatic heterocycles. The van der Waals surface area contributed by atoms with Gasteiger partial charge >= 0.3 is 0 Å². The van der Waals surface area contributed by atoms with Crippen LogP contribution in [0.2, 0.25) is 0 Å². The molecule has 0 aromatic heterocycles. The monoisotopic (exact) mass is 358 g/mol. The second kappa shape index (κ2) is 9.15. The Hall–Kier alpha value is -2.91. The van der Waals surface area contributed by atoms with E-state index in [-0.39, 0.29) is 18.6 Å². The summed E-state index contributed by atoms with van der Waals surface area (Å²) in [6.07, 6.45) is 0. The van der Waals surface area contributed by atoms with Crippen molar-refractivity contribution in [3.63, 3.8) is 0 Å². The fourth-order valence-corrected chi connectivity index (χ4v) is 3.42. The van der Waals surface area contributed by atoms with Gasteiger partial charge in [-0.1, -0.05) is 97.9 Å². The van der Waals surface area contributed by atoms with E-state index in [4.69, 9.17) is 5.41 Å². The van der Waals surface area contributed by atoms with Crippen LogP contribution in [-0.4, -0.2) is 22.4 Å². The predicted octanol–water partition coefficient (Wildman–Crippen LogP) is 4.88. The van der Waals surface area contributed by atoms with E-state index >= 15 is 0 Å². The zero-order chi connectivity index (χ0) is 19.1. The van der Waals surface area contributed by atoms with E-state index in [1.54, 1.807) is 0 Å². The third-order valence-electron chi connectivity index (χ3n) is 4.83. The van der Waals surface area contributed by atoms with Gasteiger partial charge in [-0.2, -0.15) is 0 Å². The first-order chi connectivity index (χ1) is 13.2. The normalized spacial score (nSPS) is 13.0. The molecule has 138 valence electrons. The molecule has 3 heteroatoms. The summed E-state index contributed by atoms with van der Waals surface area (Å²) >= 11 is 0. The molecule has 3 nitrogen and oxygen atoms in total. The minimum atomic E-state index is -0.0934. The first kappa shape index (κ1) is 18.9. The van der Waals surface area contributed by atoms with E-state index < -0.39 is 0 Å². The van der Waals surface area contributed by atoms with Crippen LogP contribution in [0.1, 0.15) is 29.7 Å². The Morgan fingerprint density at radius 3 is 1.93 bits per heavy atom. The molecule has 0 heterocycles. The average Bonchev–Trinajstić information content (AvgIpc) is 2.74. The Morgan fingerprint density at radius 1 is 0.852 bits per heavy atom. The summed E-state index contributed by atoms with van der Waals surface area (Å²) in [5.74, 6) is 0.453. The number of benzene rings is 3.